The lowest BCUT2D eigenvalue weighted by atomic mass is 9.80. The van der Waals surface area contributed by atoms with Gasteiger partial charge in [-0.05, 0) is 50.3 Å². The average molecular weight is 416 g/mol. The van der Waals surface area contributed by atoms with E-state index < -0.39 is 17.4 Å². The molecule has 1 aliphatic carbocycles. The van der Waals surface area contributed by atoms with Crippen LogP contribution in [-0.2, 0) is 4.79 Å². The highest BCUT2D eigenvalue weighted by Crippen LogP contribution is 2.52. The van der Waals surface area contributed by atoms with Crippen LogP contribution in [0.4, 0.5) is 9.52 Å². The Balaban J connectivity index is 1.78. The first-order valence-corrected chi connectivity index (χ1v) is 10.4. The molecule has 29 heavy (non-hydrogen) atoms. The van der Waals surface area contributed by atoms with Crippen molar-refractivity contribution in [2.75, 3.05) is 19.0 Å². The topological polar surface area (TPSA) is 79.5 Å². The molecule has 2 N–H and O–H groups in total. The van der Waals surface area contributed by atoms with Gasteiger partial charge in [0.2, 0.25) is 5.91 Å². The van der Waals surface area contributed by atoms with Crippen LogP contribution in [0.3, 0.4) is 0 Å². The maximum Gasteiger partial charge on any atom is 0.274 e. The summed E-state index contributed by atoms with van der Waals surface area (Å²) in [5.74, 6) is -1.01. The first-order chi connectivity index (χ1) is 13.7. The SMILES string of the molecule is [CH2][C@H]1N(C(=O)c2nc(N(C)C)sc2-c2ccc(C)c(F)c2)[C@H]2CC[C@@]1(C(N)=O)C2. The third kappa shape index (κ3) is 2.92. The highest BCUT2D eigenvalue weighted by atomic mass is 32.1. The number of piperidine rings is 1. The van der Waals surface area contributed by atoms with Crippen LogP contribution in [0, 0.1) is 25.1 Å². The van der Waals surface area contributed by atoms with Crippen LogP contribution in [0.2, 0.25) is 0 Å². The van der Waals surface area contributed by atoms with Crippen molar-refractivity contribution in [1.29, 1.82) is 0 Å². The summed E-state index contributed by atoms with van der Waals surface area (Å²) in [5, 5.41) is 0.652. The number of carbonyl (C=O) groups is 2. The van der Waals surface area contributed by atoms with E-state index in [1.54, 1.807) is 24.0 Å². The Morgan fingerprint density at radius 2 is 2.14 bits per heavy atom. The molecule has 1 radical (unpaired) electrons. The number of hydrogen-bond donors (Lipinski definition) is 1. The molecule has 1 saturated heterocycles. The van der Waals surface area contributed by atoms with Gasteiger partial charge in [0.1, 0.15) is 11.5 Å². The van der Waals surface area contributed by atoms with E-state index in [-0.39, 0.29) is 23.5 Å². The Labute approximate surface area is 173 Å². The maximum atomic E-state index is 14.2. The lowest BCUT2D eigenvalue weighted by molar-refractivity contribution is -0.128. The quantitative estimate of drug-likeness (QED) is 0.833. The van der Waals surface area contributed by atoms with Crippen molar-refractivity contribution in [2.24, 2.45) is 11.1 Å². The van der Waals surface area contributed by atoms with Crippen LogP contribution >= 0.6 is 11.3 Å². The molecule has 1 saturated carbocycles. The van der Waals surface area contributed by atoms with Gasteiger partial charge >= 0.3 is 0 Å². The largest absolute Gasteiger partial charge is 0.369 e. The molecular weight excluding hydrogens is 391 g/mol. The molecule has 3 atom stereocenters. The van der Waals surface area contributed by atoms with Crippen molar-refractivity contribution in [3.63, 3.8) is 0 Å². The van der Waals surface area contributed by atoms with E-state index in [0.717, 1.165) is 6.42 Å². The second-order valence-corrected chi connectivity index (χ2v) is 9.16. The highest BCUT2D eigenvalue weighted by Gasteiger charge is 2.60. The Kier molecular flexibility index (Phi) is 4.64. The first kappa shape index (κ1) is 19.8. The summed E-state index contributed by atoms with van der Waals surface area (Å²) in [6.45, 7) is 5.82. The van der Waals surface area contributed by atoms with E-state index in [1.807, 2.05) is 19.0 Å². The summed E-state index contributed by atoms with van der Waals surface area (Å²) in [6.07, 6.45) is 1.92. The molecule has 2 bridgehead atoms. The van der Waals surface area contributed by atoms with E-state index >= 15 is 0 Å². The van der Waals surface area contributed by atoms with Gasteiger partial charge < -0.3 is 15.5 Å². The predicted octanol–water partition coefficient (Wildman–Crippen LogP) is 3.01. The number of likely N-dealkylation sites (tertiary alicyclic amines) is 1. The van der Waals surface area contributed by atoms with E-state index in [1.165, 1.54) is 17.4 Å². The van der Waals surface area contributed by atoms with Crippen LogP contribution in [0.15, 0.2) is 18.2 Å². The number of fused-ring (bicyclic) bond motifs is 2. The molecule has 1 aliphatic heterocycles. The maximum absolute atomic E-state index is 14.2. The second-order valence-electron chi connectivity index (χ2n) is 8.18. The third-order valence-corrected chi connectivity index (χ3v) is 7.52. The zero-order valence-corrected chi connectivity index (χ0v) is 17.6. The Bertz CT molecular complexity index is 1000. The molecule has 6 nitrogen and oxygen atoms in total. The number of rotatable bonds is 4. The number of primary amides is 1. The summed E-state index contributed by atoms with van der Waals surface area (Å²) >= 11 is 1.34. The summed E-state index contributed by atoms with van der Waals surface area (Å²) in [7, 11) is 3.69. The lowest BCUT2D eigenvalue weighted by Gasteiger charge is -2.37. The molecule has 2 aromatic rings. The minimum absolute atomic E-state index is 0.0791. The first-order valence-electron chi connectivity index (χ1n) is 9.56. The van der Waals surface area contributed by atoms with E-state index in [4.69, 9.17) is 5.73 Å². The fourth-order valence-electron chi connectivity index (χ4n) is 4.50. The number of nitrogens with two attached hydrogens (primary N) is 1. The number of carbonyl (C=O) groups excluding carboxylic acids is 2. The molecule has 2 heterocycles. The predicted molar refractivity (Wildman–Crippen MR) is 111 cm³/mol. The van der Waals surface area contributed by atoms with Crippen molar-refractivity contribution in [2.45, 2.75) is 38.3 Å². The number of aryl methyl sites for hydroxylation is 1. The molecule has 0 spiro atoms. The Morgan fingerprint density at radius 1 is 1.41 bits per heavy atom. The van der Waals surface area contributed by atoms with Crippen LogP contribution in [0.25, 0.3) is 10.4 Å². The number of anilines is 1. The standard InChI is InChI=1S/C21H24FN4O2S/c1-11-5-6-13(9-15(11)22)17-16(24-20(29-17)25(3)4)18(27)26-12(2)21(19(23)28)8-7-14(26)10-21/h5-6,9,12,14H,2,7-8,10H2,1,3-4H3,(H2,23,28)/t12-,14+,21-/m1/s1. The van der Waals surface area contributed by atoms with Crippen LogP contribution in [-0.4, -0.2) is 47.9 Å². The fraction of sp³-hybridized carbons (Fsp3) is 0.429. The van der Waals surface area contributed by atoms with Crippen LogP contribution in [0.1, 0.15) is 35.3 Å². The van der Waals surface area contributed by atoms with Gasteiger partial charge in [-0.3, -0.25) is 9.59 Å². The zero-order valence-electron chi connectivity index (χ0n) is 16.7. The van der Waals surface area contributed by atoms with Crippen molar-refractivity contribution >= 4 is 28.3 Å². The third-order valence-electron chi connectivity index (χ3n) is 6.25. The molecule has 1 aromatic heterocycles. The normalized spacial score (nSPS) is 25.5. The molecule has 1 aromatic carbocycles. The average Bonchev–Trinajstić information content (AvgIpc) is 3.35. The molecule has 2 amide bonds. The van der Waals surface area contributed by atoms with Crippen molar-refractivity contribution < 1.29 is 14.0 Å². The highest BCUT2D eigenvalue weighted by molar-refractivity contribution is 7.19. The minimum atomic E-state index is -0.767. The lowest BCUT2D eigenvalue weighted by Crippen LogP contribution is -2.51. The van der Waals surface area contributed by atoms with Gasteiger partial charge in [-0.25, -0.2) is 9.37 Å². The van der Waals surface area contributed by atoms with Crippen molar-refractivity contribution in [1.82, 2.24) is 9.88 Å². The van der Waals surface area contributed by atoms with Gasteiger partial charge in [0.15, 0.2) is 5.13 Å². The van der Waals surface area contributed by atoms with E-state index in [2.05, 4.69) is 11.9 Å². The molecule has 2 fully saturated rings. The number of nitrogens with zero attached hydrogens (tertiary/aromatic N) is 3. The smallest absolute Gasteiger partial charge is 0.274 e. The monoisotopic (exact) mass is 415 g/mol. The van der Waals surface area contributed by atoms with Gasteiger partial charge in [0.25, 0.3) is 5.91 Å². The Morgan fingerprint density at radius 3 is 2.72 bits per heavy atom. The Hall–Kier alpha value is -2.48. The summed E-state index contributed by atoms with van der Waals surface area (Å²) in [6, 6.07) is 4.31. The van der Waals surface area contributed by atoms with E-state index in [0.29, 0.717) is 34.0 Å². The van der Waals surface area contributed by atoms with Gasteiger partial charge in [-0.1, -0.05) is 23.5 Å². The van der Waals surface area contributed by atoms with Crippen molar-refractivity contribution in [3.8, 4) is 10.4 Å². The molecule has 2 aliphatic rings. The fourth-order valence-corrected chi connectivity index (χ4v) is 5.48. The molecule has 4 rings (SSSR count). The molecular formula is C21H24FN4O2S. The van der Waals surface area contributed by atoms with E-state index in [9.17, 15) is 14.0 Å². The summed E-state index contributed by atoms with van der Waals surface area (Å²) in [5.41, 5.74) is 6.32. The van der Waals surface area contributed by atoms with Crippen LogP contribution in [0.5, 0.6) is 0 Å². The number of thiazole rings is 1. The second kappa shape index (κ2) is 6.79. The molecule has 8 heteroatoms. The zero-order chi connectivity index (χ0) is 21.1. The van der Waals surface area contributed by atoms with Gasteiger partial charge in [-0.15, -0.1) is 0 Å². The number of benzene rings is 1. The van der Waals surface area contributed by atoms with Gasteiger partial charge in [0.05, 0.1) is 10.3 Å². The van der Waals surface area contributed by atoms with Gasteiger partial charge in [0, 0.05) is 26.2 Å². The van der Waals surface area contributed by atoms with Crippen LogP contribution < -0.4 is 10.6 Å². The summed E-state index contributed by atoms with van der Waals surface area (Å²) in [4.78, 5) is 34.3. The number of halogens is 1. The van der Waals surface area contributed by atoms with Crippen molar-refractivity contribution in [3.05, 3.63) is 42.2 Å². The van der Waals surface area contributed by atoms with Gasteiger partial charge in [-0.2, -0.15) is 0 Å². The molecule has 0 unspecified atom stereocenters. The number of aromatic nitrogens is 1. The number of amides is 2. The molecule has 153 valence electrons. The number of hydrogen-bond acceptors (Lipinski definition) is 5. The minimum Gasteiger partial charge on any atom is -0.369 e. The summed E-state index contributed by atoms with van der Waals surface area (Å²) < 4.78 is 14.2.